The van der Waals surface area contributed by atoms with E-state index in [1.54, 1.807) is 0 Å². The highest BCUT2D eigenvalue weighted by Crippen LogP contribution is 2.23. The van der Waals surface area contributed by atoms with Crippen molar-refractivity contribution in [3.05, 3.63) is 36.0 Å². The molecule has 1 aromatic heterocycles. The normalized spacial score (nSPS) is 12.2. The zero-order valence-electron chi connectivity index (χ0n) is 11.0. The predicted octanol–water partition coefficient (Wildman–Crippen LogP) is 3.32. The van der Waals surface area contributed by atoms with E-state index in [1.807, 2.05) is 0 Å². The van der Waals surface area contributed by atoms with Gasteiger partial charge in [-0.3, -0.25) is 0 Å². The predicted molar refractivity (Wildman–Crippen MR) is 74.1 cm³/mol. The van der Waals surface area contributed by atoms with Gasteiger partial charge in [0.15, 0.2) is 0 Å². The van der Waals surface area contributed by atoms with E-state index in [0.29, 0.717) is 0 Å². The van der Waals surface area contributed by atoms with Gasteiger partial charge in [0.2, 0.25) is 0 Å². The van der Waals surface area contributed by atoms with Gasteiger partial charge in [0.05, 0.1) is 0 Å². The molecule has 0 saturated carbocycles. The van der Waals surface area contributed by atoms with Crippen LogP contribution in [0.5, 0.6) is 0 Å². The molecule has 0 aliphatic heterocycles. The Morgan fingerprint density at radius 3 is 2.71 bits per heavy atom. The summed E-state index contributed by atoms with van der Waals surface area (Å²) >= 11 is 0. The lowest BCUT2D eigenvalue weighted by Gasteiger charge is -2.22. The summed E-state index contributed by atoms with van der Waals surface area (Å²) in [6, 6.07) is 8.69. The molecule has 0 spiro atoms. The first-order valence-electron chi connectivity index (χ1n) is 6.28. The zero-order chi connectivity index (χ0) is 12.5. The summed E-state index contributed by atoms with van der Waals surface area (Å²) < 4.78 is 2.33. The second kappa shape index (κ2) is 4.53. The first-order valence-corrected chi connectivity index (χ1v) is 6.28. The summed E-state index contributed by atoms with van der Waals surface area (Å²) in [6.45, 7) is 8.40. The molecule has 2 heteroatoms. The molecule has 0 aliphatic rings. The number of rotatable bonds is 4. The van der Waals surface area contributed by atoms with Gasteiger partial charge in [0, 0.05) is 23.6 Å². The molecule has 0 saturated heterocycles. The molecular formula is C15H22N2. The van der Waals surface area contributed by atoms with Crippen LogP contribution < -0.4 is 5.73 Å². The standard InChI is InChI=1S/C15H22N2/c1-12-5-4-6-14-13(12)7-9-17(14)10-8-15(2,3)11-16/h4-7,9H,8,10-11,16H2,1-3H3. The van der Waals surface area contributed by atoms with Crippen LogP contribution in [-0.4, -0.2) is 11.1 Å². The molecule has 0 amide bonds. The lowest BCUT2D eigenvalue weighted by Crippen LogP contribution is -2.24. The van der Waals surface area contributed by atoms with Crippen molar-refractivity contribution in [1.82, 2.24) is 4.57 Å². The molecule has 2 nitrogen and oxygen atoms in total. The fraction of sp³-hybridized carbons (Fsp3) is 0.467. The van der Waals surface area contributed by atoms with Crippen LogP contribution in [0.15, 0.2) is 30.5 Å². The third-order valence-electron chi connectivity index (χ3n) is 3.61. The summed E-state index contributed by atoms with van der Waals surface area (Å²) in [5, 5.41) is 1.36. The number of hydrogen-bond donors (Lipinski definition) is 1. The van der Waals surface area contributed by atoms with Gasteiger partial charge >= 0.3 is 0 Å². The Balaban J connectivity index is 2.23. The fourth-order valence-electron chi connectivity index (χ4n) is 2.10. The van der Waals surface area contributed by atoms with Crippen molar-refractivity contribution in [2.45, 2.75) is 33.7 Å². The first-order chi connectivity index (χ1) is 8.03. The van der Waals surface area contributed by atoms with Crippen molar-refractivity contribution in [2.24, 2.45) is 11.1 Å². The highest BCUT2D eigenvalue weighted by molar-refractivity contribution is 5.83. The minimum atomic E-state index is 0.223. The smallest absolute Gasteiger partial charge is 0.0482 e. The van der Waals surface area contributed by atoms with E-state index in [1.165, 1.54) is 16.5 Å². The third kappa shape index (κ3) is 2.52. The van der Waals surface area contributed by atoms with E-state index in [4.69, 9.17) is 5.73 Å². The maximum Gasteiger partial charge on any atom is 0.0482 e. The molecule has 2 N–H and O–H groups in total. The second-order valence-electron chi connectivity index (χ2n) is 5.64. The Morgan fingerprint density at radius 1 is 1.24 bits per heavy atom. The molecule has 0 atom stereocenters. The van der Waals surface area contributed by atoms with Crippen LogP contribution >= 0.6 is 0 Å². The summed E-state index contributed by atoms with van der Waals surface area (Å²) in [7, 11) is 0. The number of nitrogens with zero attached hydrogens (tertiary/aromatic N) is 1. The maximum absolute atomic E-state index is 5.77. The summed E-state index contributed by atoms with van der Waals surface area (Å²) in [5.41, 5.74) is 8.67. The number of hydrogen-bond acceptors (Lipinski definition) is 1. The number of fused-ring (bicyclic) bond motifs is 1. The van der Waals surface area contributed by atoms with E-state index in [9.17, 15) is 0 Å². The van der Waals surface area contributed by atoms with Crippen LogP contribution in [0.25, 0.3) is 10.9 Å². The number of nitrogens with two attached hydrogens (primary N) is 1. The minimum absolute atomic E-state index is 0.223. The molecule has 0 bridgehead atoms. The van der Waals surface area contributed by atoms with E-state index in [2.05, 4.69) is 55.8 Å². The van der Waals surface area contributed by atoms with Gasteiger partial charge in [-0.15, -0.1) is 0 Å². The van der Waals surface area contributed by atoms with Gasteiger partial charge in [-0.2, -0.15) is 0 Å². The average molecular weight is 230 g/mol. The lowest BCUT2D eigenvalue weighted by molar-refractivity contribution is 0.327. The van der Waals surface area contributed by atoms with Crippen LogP contribution in [0.2, 0.25) is 0 Å². The zero-order valence-corrected chi connectivity index (χ0v) is 11.0. The Labute approximate surface area is 103 Å². The first kappa shape index (κ1) is 12.2. The molecule has 0 radical (unpaired) electrons. The largest absolute Gasteiger partial charge is 0.347 e. The van der Waals surface area contributed by atoms with Crippen LogP contribution in [0.3, 0.4) is 0 Å². The Hall–Kier alpha value is -1.28. The molecule has 2 rings (SSSR count). The topological polar surface area (TPSA) is 30.9 Å². The van der Waals surface area contributed by atoms with Gasteiger partial charge in [-0.05, 0) is 43.0 Å². The Morgan fingerprint density at radius 2 is 2.00 bits per heavy atom. The van der Waals surface area contributed by atoms with Gasteiger partial charge in [-0.1, -0.05) is 26.0 Å². The van der Waals surface area contributed by atoms with Crippen molar-refractivity contribution in [1.29, 1.82) is 0 Å². The Kier molecular flexibility index (Phi) is 3.25. The highest BCUT2D eigenvalue weighted by Gasteiger charge is 2.15. The highest BCUT2D eigenvalue weighted by atomic mass is 15.0. The van der Waals surface area contributed by atoms with Crippen molar-refractivity contribution < 1.29 is 0 Å². The van der Waals surface area contributed by atoms with Crippen LogP contribution in [0.1, 0.15) is 25.8 Å². The van der Waals surface area contributed by atoms with Gasteiger partial charge < -0.3 is 10.3 Å². The molecule has 0 unspecified atom stereocenters. The summed E-state index contributed by atoms with van der Waals surface area (Å²) in [4.78, 5) is 0. The molecule has 0 aliphatic carbocycles. The van der Waals surface area contributed by atoms with E-state index in [0.717, 1.165) is 19.5 Å². The van der Waals surface area contributed by atoms with Crippen LogP contribution in [0, 0.1) is 12.3 Å². The van der Waals surface area contributed by atoms with Crippen LogP contribution in [0.4, 0.5) is 0 Å². The van der Waals surface area contributed by atoms with Gasteiger partial charge in [-0.25, -0.2) is 0 Å². The van der Waals surface area contributed by atoms with Crippen molar-refractivity contribution >= 4 is 10.9 Å². The molecule has 1 aromatic carbocycles. The van der Waals surface area contributed by atoms with Crippen LogP contribution in [-0.2, 0) is 6.54 Å². The summed E-state index contributed by atoms with van der Waals surface area (Å²) in [5.74, 6) is 0. The molecule has 17 heavy (non-hydrogen) atoms. The van der Waals surface area contributed by atoms with Gasteiger partial charge in [0.25, 0.3) is 0 Å². The molecule has 1 heterocycles. The number of aromatic nitrogens is 1. The molecular weight excluding hydrogens is 208 g/mol. The Bertz CT molecular complexity index is 509. The molecule has 92 valence electrons. The van der Waals surface area contributed by atoms with E-state index < -0.39 is 0 Å². The number of benzene rings is 1. The quantitative estimate of drug-likeness (QED) is 0.858. The number of aryl methyl sites for hydroxylation is 2. The summed E-state index contributed by atoms with van der Waals surface area (Å²) in [6.07, 6.45) is 3.30. The van der Waals surface area contributed by atoms with E-state index >= 15 is 0 Å². The molecule has 0 fully saturated rings. The monoisotopic (exact) mass is 230 g/mol. The minimum Gasteiger partial charge on any atom is -0.347 e. The third-order valence-corrected chi connectivity index (χ3v) is 3.61. The van der Waals surface area contributed by atoms with Crippen molar-refractivity contribution in [3.63, 3.8) is 0 Å². The SMILES string of the molecule is Cc1cccc2c1ccn2CCC(C)(C)CN. The van der Waals surface area contributed by atoms with Crippen molar-refractivity contribution in [3.8, 4) is 0 Å². The maximum atomic E-state index is 5.77. The fourth-order valence-corrected chi connectivity index (χ4v) is 2.10. The van der Waals surface area contributed by atoms with E-state index in [-0.39, 0.29) is 5.41 Å². The van der Waals surface area contributed by atoms with Gasteiger partial charge in [0.1, 0.15) is 0 Å². The van der Waals surface area contributed by atoms with Crippen molar-refractivity contribution in [2.75, 3.05) is 6.54 Å². The molecule has 2 aromatic rings. The lowest BCUT2D eigenvalue weighted by atomic mass is 9.90. The second-order valence-corrected chi connectivity index (χ2v) is 5.64. The average Bonchev–Trinajstić information content (AvgIpc) is 2.71.